The number of nitrogens with one attached hydrogen (secondary N) is 2. The third kappa shape index (κ3) is 5.88. The lowest BCUT2D eigenvalue weighted by atomic mass is 10.1. The van der Waals surface area contributed by atoms with E-state index in [-0.39, 0.29) is 11.5 Å². The largest absolute Gasteiger partial charge is 0.465 e. The number of halogens is 5. The van der Waals surface area contributed by atoms with Crippen LogP contribution in [0.5, 0.6) is 0 Å². The van der Waals surface area contributed by atoms with Crippen molar-refractivity contribution < 1.29 is 36.6 Å². The van der Waals surface area contributed by atoms with Crippen LogP contribution in [0, 0.1) is 11.6 Å². The van der Waals surface area contributed by atoms with E-state index in [4.69, 9.17) is 5.73 Å². The van der Waals surface area contributed by atoms with Crippen LogP contribution in [-0.2, 0) is 12.7 Å². The number of fused-ring (bicyclic) bond motifs is 1. The Bertz CT molecular complexity index is 1670. The highest BCUT2D eigenvalue weighted by atomic mass is 19.4. The molecular weight excluding hydrogens is 567 g/mol. The average molecular weight is 591 g/mol. The van der Waals surface area contributed by atoms with Gasteiger partial charge in [0.1, 0.15) is 23.5 Å². The van der Waals surface area contributed by atoms with Gasteiger partial charge in [0, 0.05) is 38.3 Å². The summed E-state index contributed by atoms with van der Waals surface area (Å²) in [7, 11) is 0. The van der Waals surface area contributed by atoms with Crippen LogP contribution in [0.25, 0.3) is 16.6 Å². The quantitative estimate of drug-likeness (QED) is 0.247. The maximum Gasteiger partial charge on any atom is 0.416 e. The zero-order valence-corrected chi connectivity index (χ0v) is 21.6. The maximum absolute atomic E-state index is 15.1. The van der Waals surface area contributed by atoms with E-state index < -0.39 is 41.2 Å². The molecule has 3 amide bonds. The Morgan fingerprint density at radius 3 is 2.33 bits per heavy atom. The van der Waals surface area contributed by atoms with E-state index in [0.29, 0.717) is 73.3 Å². The monoisotopic (exact) mass is 590 g/mol. The van der Waals surface area contributed by atoms with Crippen LogP contribution in [0.3, 0.4) is 0 Å². The molecule has 1 aliphatic rings. The number of urea groups is 1. The third-order valence-corrected chi connectivity index (χ3v) is 6.76. The maximum atomic E-state index is 15.1. The lowest BCUT2D eigenvalue weighted by Crippen LogP contribution is -2.47. The van der Waals surface area contributed by atoms with Crippen molar-refractivity contribution in [1.82, 2.24) is 24.4 Å². The second-order valence-corrected chi connectivity index (χ2v) is 9.47. The van der Waals surface area contributed by atoms with Crippen LogP contribution < -0.4 is 16.4 Å². The smallest absolute Gasteiger partial charge is 0.416 e. The highest BCUT2D eigenvalue weighted by Crippen LogP contribution is 2.34. The van der Waals surface area contributed by atoms with E-state index in [2.05, 4.69) is 15.4 Å². The number of carboxylic acid groups (broad SMARTS) is 1. The molecule has 0 spiro atoms. The van der Waals surface area contributed by atoms with Crippen LogP contribution >= 0.6 is 0 Å². The van der Waals surface area contributed by atoms with Gasteiger partial charge in [-0.2, -0.15) is 18.3 Å². The van der Waals surface area contributed by atoms with Crippen LogP contribution in [0.4, 0.5) is 48.7 Å². The molecule has 42 heavy (non-hydrogen) atoms. The van der Waals surface area contributed by atoms with Crippen molar-refractivity contribution in [2.45, 2.75) is 12.7 Å². The Hall–Kier alpha value is -4.99. The number of aromatic nitrogens is 3. The number of piperazine rings is 1. The fraction of sp³-hybridized carbons (Fsp3) is 0.231. The first-order valence-corrected chi connectivity index (χ1v) is 12.5. The zero-order valence-electron chi connectivity index (χ0n) is 21.6. The molecule has 5 rings (SSSR count). The Morgan fingerprint density at radius 2 is 1.67 bits per heavy atom. The van der Waals surface area contributed by atoms with Gasteiger partial charge in [-0.3, -0.25) is 4.90 Å². The van der Waals surface area contributed by atoms with Crippen molar-refractivity contribution in [2.75, 3.05) is 42.5 Å². The Morgan fingerprint density at radius 1 is 0.952 bits per heavy atom. The number of anilines is 3. The summed E-state index contributed by atoms with van der Waals surface area (Å²) in [5.74, 6) is -1.85. The molecule has 0 atom stereocenters. The molecule has 0 unspecified atom stereocenters. The van der Waals surface area contributed by atoms with Crippen LogP contribution in [0.2, 0.25) is 0 Å². The number of rotatable bonds is 5. The Kier molecular flexibility index (Phi) is 7.55. The lowest BCUT2D eigenvalue weighted by molar-refractivity contribution is -0.137. The topological polar surface area (TPSA) is 141 Å². The van der Waals surface area contributed by atoms with Gasteiger partial charge in [0.15, 0.2) is 5.82 Å². The third-order valence-electron chi connectivity index (χ3n) is 6.76. The molecule has 4 aromatic rings. The molecule has 11 nitrogen and oxygen atoms in total. The highest BCUT2D eigenvalue weighted by molar-refractivity contribution is 6.00. The normalized spacial score (nSPS) is 14.3. The van der Waals surface area contributed by atoms with Gasteiger partial charge in [0.25, 0.3) is 0 Å². The number of alkyl halides is 3. The standard InChI is InChI=1S/C26H23F5N8O3/c27-18-3-2-15(26(29,30)31)10-21(18)36-24(40)35-20-4-1-14(9-19(20)28)17-11-16(39-22(17)23(32)33-13-34-39)12-37-5-7-38(8-6-37)25(41)42/h1-4,9-11,13H,5-8,12H2,(H,41,42)(H2,32,33,34)(H2,35,36,40). The molecule has 0 bridgehead atoms. The molecule has 5 N–H and O–H groups in total. The Labute approximate surface area is 234 Å². The van der Waals surface area contributed by atoms with Gasteiger partial charge in [0.05, 0.1) is 22.6 Å². The van der Waals surface area contributed by atoms with Crippen molar-refractivity contribution in [3.05, 3.63) is 71.7 Å². The second-order valence-electron chi connectivity index (χ2n) is 9.47. The molecule has 3 heterocycles. The SMILES string of the molecule is Nc1ncnn2c(CN3CCN(C(=O)O)CC3)cc(-c3ccc(NC(=O)Nc4cc(C(F)(F)F)ccc4F)c(F)c3)c12. The molecule has 220 valence electrons. The fourth-order valence-corrected chi connectivity index (χ4v) is 4.65. The van der Waals surface area contributed by atoms with Gasteiger partial charge in [-0.1, -0.05) is 6.07 Å². The number of carbonyl (C=O) groups is 2. The molecule has 2 aromatic carbocycles. The molecule has 0 saturated carbocycles. The fourth-order valence-electron chi connectivity index (χ4n) is 4.65. The number of nitrogens with two attached hydrogens (primary N) is 1. The summed E-state index contributed by atoms with van der Waals surface area (Å²) in [6, 6.07) is 5.98. The summed E-state index contributed by atoms with van der Waals surface area (Å²) in [4.78, 5) is 31.0. The van der Waals surface area contributed by atoms with Gasteiger partial charge >= 0.3 is 18.3 Å². The lowest BCUT2D eigenvalue weighted by Gasteiger charge is -2.32. The average Bonchev–Trinajstić information content (AvgIpc) is 3.30. The van der Waals surface area contributed by atoms with Crippen LogP contribution in [0.15, 0.2) is 48.8 Å². The van der Waals surface area contributed by atoms with Crippen molar-refractivity contribution >= 4 is 34.8 Å². The molecule has 16 heteroatoms. The minimum Gasteiger partial charge on any atom is -0.465 e. The molecule has 1 saturated heterocycles. The van der Waals surface area contributed by atoms with Crippen molar-refractivity contribution in [3.63, 3.8) is 0 Å². The van der Waals surface area contributed by atoms with Gasteiger partial charge in [-0.05, 0) is 42.0 Å². The Balaban J connectivity index is 1.36. The number of amides is 3. The molecule has 1 fully saturated rings. The summed E-state index contributed by atoms with van der Waals surface area (Å²) in [6.07, 6.45) is -4.46. The predicted octanol–water partition coefficient (Wildman–Crippen LogP) is 4.72. The van der Waals surface area contributed by atoms with Gasteiger partial charge in [-0.25, -0.2) is 27.9 Å². The molecule has 0 radical (unpaired) electrons. The summed E-state index contributed by atoms with van der Waals surface area (Å²) in [5, 5.41) is 17.6. The number of hydrogen-bond donors (Lipinski definition) is 4. The summed E-state index contributed by atoms with van der Waals surface area (Å²) in [5.41, 5.74) is 5.89. The number of carbonyl (C=O) groups excluding carboxylic acids is 1. The van der Waals surface area contributed by atoms with E-state index >= 15 is 4.39 Å². The minimum absolute atomic E-state index is 0.132. The number of benzene rings is 2. The first-order valence-electron chi connectivity index (χ1n) is 12.5. The van der Waals surface area contributed by atoms with Crippen LogP contribution in [0.1, 0.15) is 11.3 Å². The minimum atomic E-state index is -4.75. The molecular formula is C26H23F5N8O3. The number of hydrogen-bond acceptors (Lipinski definition) is 6. The summed E-state index contributed by atoms with van der Waals surface area (Å²) < 4.78 is 69.6. The first kappa shape index (κ1) is 28.5. The van der Waals surface area contributed by atoms with E-state index in [1.807, 2.05) is 10.2 Å². The summed E-state index contributed by atoms with van der Waals surface area (Å²) >= 11 is 0. The van der Waals surface area contributed by atoms with Crippen molar-refractivity contribution in [1.29, 1.82) is 0 Å². The van der Waals surface area contributed by atoms with E-state index in [0.717, 1.165) is 6.07 Å². The van der Waals surface area contributed by atoms with Gasteiger partial charge in [-0.15, -0.1) is 0 Å². The van der Waals surface area contributed by atoms with Crippen LogP contribution in [-0.4, -0.2) is 67.8 Å². The van der Waals surface area contributed by atoms with E-state index in [1.54, 1.807) is 10.6 Å². The number of nitrogen functional groups attached to an aromatic ring is 1. The zero-order chi connectivity index (χ0) is 30.2. The summed E-state index contributed by atoms with van der Waals surface area (Å²) in [6.45, 7) is 2.08. The molecule has 0 aliphatic carbocycles. The van der Waals surface area contributed by atoms with Crippen molar-refractivity contribution in [3.8, 4) is 11.1 Å². The highest BCUT2D eigenvalue weighted by Gasteiger charge is 2.31. The van der Waals surface area contributed by atoms with Gasteiger partial charge < -0.3 is 26.4 Å². The number of nitrogens with zero attached hydrogens (tertiary/aromatic N) is 5. The predicted molar refractivity (Wildman–Crippen MR) is 142 cm³/mol. The van der Waals surface area contributed by atoms with Gasteiger partial charge in [0.2, 0.25) is 0 Å². The van der Waals surface area contributed by atoms with E-state index in [1.165, 1.54) is 23.4 Å². The van der Waals surface area contributed by atoms with Crippen molar-refractivity contribution in [2.24, 2.45) is 0 Å². The second kappa shape index (κ2) is 11.1. The van der Waals surface area contributed by atoms with E-state index in [9.17, 15) is 32.3 Å². The first-order chi connectivity index (χ1) is 19.9. The molecule has 1 aliphatic heterocycles. The molecule has 2 aromatic heterocycles.